The van der Waals surface area contributed by atoms with Crippen LogP contribution in [0.25, 0.3) is 0 Å². The second kappa shape index (κ2) is 8.52. The SMILES string of the molecule is CC(C)c1coc(CNc2nsnc2N(C)c2cccc(C(=O)N(C)C)c2O)c1. The van der Waals surface area contributed by atoms with Gasteiger partial charge in [-0.05, 0) is 29.7 Å². The van der Waals surface area contributed by atoms with Crippen molar-refractivity contribution in [1.29, 1.82) is 0 Å². The number of hydrogen-bond acceptors (Lipinski definition) is 8. The number of nitrogens with zero attached hydrogens (tertiary/aromatic N) is 4. The molecule has 1 aromatic carbocycles. The Kier molecular flexibility index (Phi) is 6.07. The van der Waals surface area contributed by atoms with Crippen molar-refractivity contribution in [3.05, 3.63) is 47.4 Å². The van der Waals surface area contributed by atoms with Crippen molar-refractivity contribution in [2.24, 2.45) is 0 Å². The van der Waals surface area contributed by atoms with E-state index in [0.717, 1.165) is 23.1 Å². The normalized spacial score (nSPS) is 11.0. The molecule has 2 N–H and O–H groups in total. The maximum absolute atomic E-state index is 12.3. The molecule has 1 amide bonds. The molecule has 0 aliphatic rings. The Hall–Kier alpha value is -3.07. The van der Waals surface area contributed by atoms with Gasteiger partial charge >= 0.3 is 0 Å². The van der Waals surface area contributed by atoms with Crippen molar-refractivity contribution >= 4 is 35.0 Å². The van der Waals surface area contributed by atoms with Gasteiger partial charge in [0, 0.05) is 21.1 Å². The van der Waals surface area contributed by atoms with Crippen LogP contribution in [0.15, 0.2) is 34.9 Å². The van der Waals surface area contributed by atoms with E-state index in [-0.39, 0.29) is 17.2 Å². The fourth-order valence-corrected chi connectivity index (χ4v) is 3.36. The standard InChI is InChI=1S/C20H25N5O3S/c1-12(2)13-9-14(28-11-13)10-21-18-19(23-29-22-18)25(5)16-8-6-7-15(17(16)26)20(27)24(3)4/h6-9,11-12,26H,10H2,1-5H3,(H,21,22). The van der Waals surface area contributed by atoms with Crippen molar-refractivity contribution in [1.82, 2.24) is 13.6 Å². The number of carbonyl (C=O) groups is 1. The number of phenolic OH excluding ortho intramolecular Hbond substituents is 1. The lowest BCUT2D eigenvalue weighted by Crippen LogP contribution is -2.22. The van der Waals surface area contributed by atoms with Gasteiger partial charge in [-0.15, -0.1) is 0 Å². The van der Waals surface area contributed by atoms with E-state index in [1.165, 1.54) is 4.90 Å². The fourth-order valence-electron chi connectivity index (χ4n) is 2.81. The molecule has 0 saturated heterocycles. The Morgan fingerprint density at radius 2 is 2.03 bits per heavy atom. The first-order valence-electron chi connectivity index (χ1n) is 9.20. The zero-order chi connectivity index (χ0) is 21.1. The third kappa shape index (κ3) is 4.34. The molecule has 0 saturated carbocycles. The third-order valence-corrected chi connectivity index (χ3v) is 5.09. The highest BCUT2D eigenvalue weighted by atomic mass is 32.1. The monoisotopic (exact) mass is 415 g/mol. The number of anilines is 3. The second-order valence-electron chi connectivity index (χ2n) is 7.22. The molecule has 2 aromatic heterocycles. The van der Waals surface area contributed by atoms with Gasteiger partial charge in [0.15, 0.2) is 17.4 Å². The van der Waals surface area contributed by atoms with Crippen molar-refractivity contribution < 1.29 is 14.3 Å². The number of furan rings is 1. The number of amides is 1. The summed E-state index contributed by atoms with van der Waals surface area (Å²) in [5.74, 6) is 1.96. The summed E-state index contributed by atoms with van der Waals surface area (Å²) in [7, 11) is 5.05. The molecule has 29 heavy (non-hydrogen) atoms. The second-order valence-corrected chi connectivity index (χ2v) is 7.75. The number of hydrogen-bond donors (Lipinski definition) is 2. The topological polar surface area (TPSA) is 94.7 Å². The zero-order valence-electron chi connectivity index (χ0n) is 17.1. The molecule has 0 bridgehead atoms. The molecular formula is C20H25N5O3S. The quantitative estimate of drug-likeness (QED) is 0.601. The average molecular weight is 416 g/mol. The number of phenols is 1. The Labute approximate surface area is 174 Å². The molecule has 0 aliphatic carbocycles. The van der Waals surface area contributed by atoms with Crippen LogP contribution in [-0.4, -0.2) is 45.8 Å². The Morgan fingerprint density at radius 1 is 1.28 bits per heavy atom. The largest absolute Gasteiger partial charge is 0.505 e. The first kappa shape index (κ1) is 20.7. The van der Waals surface area contributed by atoms with Gasteiger partial charge in [-0.3, -0.25) is 4.79 Å². The minimum Gasteiger partial charge on any atom is -0.505 e. The smallest absolute Gasteiger partial charge is 0.257 e. The molecule has 0 atom stereocenters. The number of nitrogens with one attached hydrogen (secondary N) is 1. The molecule has 0 radical (unpaired) electrons. The number of carbonyl (C=O) groups excluding carboxylic acids is 1. The van der Waals surface area contributed by atoms with E-state index < -0.39 is 0 Å². The van der Waals surface area contributed by atoms with Crippen LogP contribution in [0, 0.1) is 0 Å². The van der Waals surface area contributed by atoms with E-state index in [2.05, 4.69) is 27.9 Å². The van der Waals surface area contributed by atoms with Crippen LogP contribution in [0.4, 0.5) is 17.3 Å². The molecule has 8 nitrogen and oxygen atoms in total. The van der Waals surface area contributed by atoms with Gasteiger partial charge in [-0.2, -0.15) is 8.75 Å². The lowest BCUT2D eigenvalue weighted by molar-refractivity contribution is 0.0824. The van der Waals surface area contributed by atoms with Gasteiger partial charge in [0.2, 0.25) is 0 Å². The minimum absolute atomic E-state index is 0.0970. The lowest BCUT2D eigenvalue weighted by atomic mass is 10.1. The predicted octanol–water partition coefficient (Wildman–Crippen LogP) is 4.04. The van der Waals surface area contributed by atoms with Crippen molar-refractivity contribution in [2.75, 3.05) is 31.4 Å². The maximum Gasteiger partial charge on any atom is 0.257 e. The van der Waals surface area contributed by atoms with E-state index in [0.29, 0.717) is 29.8 Å². The highest BCUT2D eigenvalue weighted by Gasteiger charge is 2.21. The molecule has 9 heteroatoms. The van der Waals surface area contributed by atoms with E-state index in [1.807, 2.05) is 6.07 Å². The van der Waals surface area contributed by atoms with Crippen LogP contribution in [0.2, 0.25) is 0 Å². The van der Waals surface area contributed by atoms with E-state index in [1.54, 1.807) is 50.5 Å². The highest BCUT2D eigenvalue weighted by molar-refractivity contribution is 6.99. The third-order valence-electron chi connectivity index (χ3n) is 4.57. The maximum atomic E-state index is 12.3. The van der Waals surface area contributed by atoms with Gasteiger partial charge in [-0.1, -0.05) is 19.9 Å². The van der Waals surface area contributed by atoms with E-state index in [4.69, 9.17) is 4.42 Å². The number of aromatic nitrogens is 2. The van der Waals surface area contributed by atoms with Gasteiger partial charge in [0.1, 0.15) is 5.76 Å². The molecular weight excluding hydrogens is 390 g/mol. The van der Waals surface area contributed by atoms with Gasteiger partial charge in [0.05, 0.1) is 35.8 Å². The van der Waals surface area contributed by atoms with Gasteiger partial charge < -0.3 is 24.6 Å². The summed E-state index contributed by atoms with van der Waals surface area (Å²) >= 11 is 1.06. The summed E-state index contributed by atoms with van der Waals surface area (Å²) in [5.41, 5.74) is 1.84. The lowest BCUT2D eigenvalue weighted by Gasteiger charge is -2.21. The molecule has 3 rings (SSSR count). The molecule has 0 aliphatic heterocycles. The fraction of sp³-hybridized carbons (Fsp3) is 0.350. The number of aromatic hydroxyl groups is 1. The summed E-state index contributed by atoms with van der Waals surface area (Å²) in [6.45, 7) is 4.69. The van der Waals surface area contributed by atoms with Crippen LogP contribution in [0.1, 0.15) is 41.4 Å². The number of benzene rings is 1. The summed E-state index contributed by atoms with van der Waals surface area (Å²) in [6, 6.07) is 7.07. The zero-order valence-corrected chi connectivity index (χ0v) is 17.9. The molecule has 0 spiro atoms. The summed E-state index contributed by atoms with van der Waals surface area (Å²) in [6.07, 6.45) is 1.76. The van der Waals surface area contributed by atoms with Crippen LogP contribution < -0.4 is 10.2 Å². The predicted molar refractivity (Wildman–Crippen MR) is 114 cm³/mol. The Balaban J connectivity index is 1.81. The van der Waals surface area contributed by atoms with Gasteiger partial charge in [0.25, 0.3) is 5.91 Å². The number of rotatable bonds is 7. The minimum atomic E-state index is -0.272. The first-order valence-corrected chi connectivity index (χ1v) is 9.93. The van der Waals surface area contributed by atoms with Gasteiger partial charge in [-0.25, -0.2) is 0 Å². The molecule has 0 unspecified atom stereocenters. The summed E-state index contributed by atoms with van der Waals surface area (Å²) in [5, 5.41) is 13.9. The van der Waals surface area contributed by atoms with Crippen molar-refractivity contribution in [3.63, 3.8) is 0 Å². The van der Waals surface area contributed by atoms with Crippen LogP contribution >= 0.6 is 11.7 Å². The highest BCUT2D eigenvalue weighted by Crippen LogP contribution is 2.37. The Morgan fingerprint density at radius 3 is 2.69 bits per heavy atom. The average Bonchev–Trinajstić information content (AvgIpc) is 3.34. The summed E-state index contributed by atoms with van der Waals surface area (Å²) < 4.78 is 14.3. The summed E-state index contributed by atoms with van der Waals surface area (Å²) in [4.78, 5) is 15.4. The molecule has 2 heterocycles. The Bertz CT molecular complexity index is 996. The molecule has 154 valence electrons. The molecule has 0 fully saturated rings. The van der Waals surface area contributed by atoms with Crippen LogP contribution in [-0.2, 0) is 6.54 Å². The van der Waals surface area contributed by atoms with Crippen molar-refractivity contribution in [2.45, 2.75) is 26.3 Å². The first-order chi connectivity index (χ1) is 13.8. The van der Waals surface area contributed by atoms with E-state index >= 15 is 0 Å². The molecule has 3 aromatic rings. The van der Waals surface area contributed by atoms with Crippen LogP contribution in [0.3, 0.4) is 0 Å². The van der Waals surface area contributed by atoms with Crippen molar-refractivity contribution in [3.8, 4) is 5.75 Å². The van der Waals surface area contributed by atoms with Crippen LogP contribution in [0.5, 0.6) is 5.75 Å². The number of para-hydroxylation sites is 1. The van der Waals surface area contributed by atoms with E-state index in [9.17, 15) is 9.90 Å².